The Bertz CT molecular complexity index is 617. The summed E-state index contributed by atoms with van der Waals surface area (Å²) in [6.45, 7) is 0. The molecule has 2 heterocycles. The zero-order valence-corrected chi connectivity index (χ0v) is 12.8. The molecule has 0 saturated heterocycles. The highest BCUT2D eigenvalue weighted by molar-refractivity contribution is 9.10. The van der Waals surface area contributed by atoms with Crippen molar-refractivity contribution < 1.29 is 4.79 Å². The van der Waals surface area contributed by atoms with Gasteiger partial charge in [-0.05, 0) is 28.8 Å². The van der Waals surface area contributed by atoms with Gasteiger partial charge >= 0.3 is 0 Å². The second kappa shape index (κ2) is 5.91. The molecular formula is C14H17BrN4O. The molecule has 1 aliphatic rings. The van der Waals surface area contributed by atoms with Gasteiger partial charge in [0.1, 0.15) is 0 Å². The van der Waals surface area contributed by atoms with Crippen LogP contribution >= 0.6 is 15.9 Å². The number of amides is 1. The molecule has 1 aliphatic carbocycles. The molecule has 2 aromatic heterocycles. The first-order valence-electron chi connectivity index (χ1n) is 7.04. The molecule has 0 unspecified atom stereocenters. The van der Waals surface area contributed by atoms with Gasteiger partial charge in [-0.2, -0.15) is 5.10 Å². The predicted octanol–water partition coefficient (Wildman–Crippen LogP) is 2.94. The van der Waals surface area contributed by atoms with Gasteiger partial charge in [-0.15, -0.1) is 0 Å². The van der Waals surface area contributed by atoms with E-state index in [1.165, 1.54) is 25.7 Å². The van der Waals surface area contributed by atoms with E-state index in [0.29, 0.717) is 11.3 Å². The van der Waals surface area contributed by atoms with Crippen LogP contribution in [0.2, 0.25) is 0 Å². The zero-order valence-electron chi connectivity index (χ0n) is 11.2. The number of nitrogens with zero attached hydrogens (tertiary/aromatic N) is 3. The highest BCUT2D eigenvalue weighted by Gasteiger charge is 2.18. The summed E-state index contributed by atoms with van der Waals surface area (Å²) < 4.78 is 2.45. The lowest BCUT2D eigenvalue weighted by molar-refractivity contribution is 0.0928. The Hall–Kier alpha value is -1.43. The molecule has 0 spiro atoms. The molecule has 6 heteroatoms. The van der Waals surface area contributed by atoms with Crippen LogP contribution in [0.1, 0.15) is 49.0 Å². The van der Waals surface area contributed by atoms with Crippen LogP contribution in [0.5, 0.6) is 0 Å². The third-order valence-electron chi connectivity index (χ3n) is 3.70. The van der Waals surface area contributed by atoms with Crippen molar-refractivity contribution in [3.05, 3.63) is 28.6 Å². The monoisotopic (exact) mass is 336 g/mol. The lowest BCUT2D eigenvalue weighted by atomic mass is 10.1. The van der Waals surface area contributed by atoms with Crippen LogP contribution in [-0.4, -0.2) is 26.5 Å². The lowest BCUT2D eigenvalue weighted by Crippen LogP contribution is -2.34. The van der Waals surface area contributed by atoms with Crippen LogP contribution in [0.3, 0.4) is 0 Å². The summed E-state index contributed by atoms with van der Waals surface area (Å²) in [7, 11) is 0. The van der Waals surface area contributed by atoms with Gasteiger partial charge < -0.3 is 5.32 Å². The molecule has 5 nitrogen and oxygen atoms in total. The van der Waals surface area contributed by atoms with Crippen LogP contribution in [0.4, 0.5) is 0 Å². The summed E-state index contributed by atoms with van der Waals surface area (Å²) in [4.78, 5) is 16.5. The summed E-state index contributed by atoms with van der Waals surface area (Å²) >= 11 is 3.34. The number of aromatic nitrogens is 3. The summed E-state index contributed by atoms with van der Waals surface area (Å²) in [5, 5.41) is 7.37. The lowest BCUT2D eigenvalue weighted by Gasteiger charge is -2.14. The van der Waals surface area contributed by atoms with E-state index in [-0.39, 0.29) is 11.9 Å². The summed E-state index contributed by atoms with van der Waals surface area (Å²) in [6.07, 6.45) is 10.6. The molecule has 0 aromatic carbocycles. The first-order chi connectivity index (χ1) is 9.72. The second-order valence-corrected chi connectivity index (χ2v) is 6.18. The molecule has 1 saturated carbocycles. The topological polar surface area (TPSA) is 59.3 Å². The molecule has 1 N–H and O–H groups in total. The highest BCUT2D eigenvalue weighted by atomic mass is 79.9. The average molecular weight is 337 g/mol. The van der Waals surface area contributed by atoms with Gasteiger partial charge in [-0.1, -0.05) is 25.7 Å². The summed E-state index contributed by atoms with van der Waals surface area (Å²) in [5.41, 5.74) is 1.11. The highest BCUT2D eigenvalue weighted by Crippen LogP contribution is 2.18. The van der Waals surface area contributed by atoms with Crippen molar-refractivity contribution >= 4 is 27.5 Å². The van der Waals surface area contributed by atoms with Gasteiger partial charge in [-0.3, -0.25) is 4.79 Å². The first kappa shape index (κ1) is 13.5. The van der Waals surface area contributed by atoms with Crippen molar-refractivity contribution in [2.24, 2.45) is 0 Å². The number of hydrogen-bond donors (Lipinski definition) is 1. The molecule has 106 valence electrons. The van der Waals surface area contributed by atoms with E-state index in [1.807, 2.05) is 0 Å². The number of halogens is 1. The number of rotatable bonds is 2. The SMILES string of the molecule is O=C(NC1CCCCCC1)c1cc2ncc(Br)cn2n1. The van der Waals surface area contributed by atoms with Gasteiger partial charge in [0.2, 0.25) is 0 Å². The maximum atomic E-state index is 12.3. The number of fused-ring (bicyclic) bond motifs is 1. The molecule has 1 fully saturated rings. The van der Waals surface area contributed by atoms with Crippen LogP contribution in [0.15, 0.2) is 22.9 Å². The van der Waals surface area contributed by atoms with Crippen LogP contribution in [-0.2, 0) is 0 Å². The van der Waals surface area contributed by atoms with Gasteiger partial charge in [0.25, 0.3) is 5.91 Å². The zero-order chi connectivity index (χ0) is 13.9. The van der Waals surface area contributed by atoms with E-state index in [9.17, 15) is 4.79 Å². The maximum Gasteiger partial charge on any atom is 0.272 e. The van der Waals surface area contributed by atoms with Gasteiger partial charge in [-0.25, -0.2) is 9.50 Å². The van der Waals surface area contributed by atoms with E-state index >= 15 is 0 Å². The number of hydrogen-bond acceptors (Lipinski definition) is 3. The average Bonchev–Trinajstić information content (AvgIpc) is 2.68. The smallest absolute Gasteiger partial charge is 0.272 e. The minimum Gasteiger partial charge on any atom is -0.348 e. The van der Waals surface area contributed by atoms with Crippen LogP contribution in [0, 0.1) is 0 Å². The van der Waals surface area contributed by atoms with Gasteiger partial charge in [0.15, 0.2) is 11.3 Å². The minimum atomic E-state index is -0.0986. The van der Waals surface area contributed by atoms with Crippen molar-refractivity contribution in [3.63, 3.8) is 0 Å². The molecule has 0 radical (unpaired) electrons. The summed E-state index contributed by atoms with van der Waals surface area (Å²) in [6, 6.07) is 2.01. The van der Waals surface area contributed by atoms with Crippen molar-refractivity contribution in [2.75, 3.05) is 0 Å². The van der Waals surface area contributed by atoms with Gasteiger partial charge in [0.05, 0.1) is 4.47 Å². The van der Waals surface area contributed by atoms with Crippen molar-refractivity contribution in [1.82, 2.24) is 19.9 Å². The number of carbonyl (C=O) groups is 1. The molecule has 2 aromatic rings. The normalized spacial score (nSPS) is 17.1. The predicted molar refractivity (Wildman–Crippen MR) is 79.6 cm³/mol. The Morgan fingerprint density at radius 2 is 2.05 bits per heavy atom. The van der Waals surface area contributed by atoms with E-state index in [0.717, 1.165) is 17.3 Å². The Morgan fingerprint density at radius 1 is 1.30 bits per heavy atom. The molecule has 0 atom stereocenters. The largest absolute Gasteiger partial charge is 0.348 e. The Morgan fingerprint density at radius 3 is 2.80 bits per heavy atom. The molecule has 20 heavy (non-hydrogen) atoms. The number of carbonyl (C=O) groups excluding carboxylic acids is 1. The first-order valence-corrected chi connectivity index (χ1v) is 7.83. The molecule has 0 bridgehead atoms. The second-order valence-electron chi connectivity index (χ2n) is 5.27. The fraction of sp³-hybridized carbons (Fsp3) is 0.500. The molecule has 0 aliphatic heterocycles. The van der Waals surface area contributed by atoms with E-state index in [2.05, 4.69) is 31.3 Å². The number of nitrogens with one attached hydrogen (secondary N) is 1. The van der Waals surface area contributed by atoms with E-state index in [4.69, 9.17) is 0 Å². The van der Waals surface area contributed by atoms with Crippen molar-refractivity contribution in [2.45, 2.75) is 44.6 Å². The van der Waals surface area contributed by atoms with Crippen molar-refractivity contribution in [1.29, 1.82) is 0 Å². The third kappa shape index (κ3) is 3.00. The molecular weight excluding hydrogens is 320 g/mol. The third-order valence-corrected chi connectivity index (χ3v) is 4.11. The molecule has 1 amide bonds. The van der Waals surface area contributed by atoms with Gasteiger partial charge in [0, 0.05) is 24.5 Å². The quantitative estimate of drug-likeness (QED) is 0.857. The fourth-order valence-electron chi connectivity index (χ4n) is 2.65. The summed E-state index contributed by atoms with van der Waals surface area (Å²) in [5.74, 6) is -0.0986. The van der Waals surface area contributed by atoms with Crippen molar-refractivity contribution in [3.8, 4) is 0 Å². The Kier molecular flexibility index (Phi) is 4.00. The Labute approximate surface area is 125 Å². The fourth-order valence-corrected chi connectivity index (χ4v) is 2.94. The molecule has 3 rings (SSSR count). The van der Waals surface area contributed by atoms with Crippen LogP contribution in [0.25, 0.3) is 5.65 Å². The maximum absolute atomic E-state index is 12.3. The minimum absolute atomic E-state index is 0.0986. The standard InChI is InChI=1S/C14H17BrN4O/c15-10-8-16-13-7-12(18-19(13)9-10)14(20)17-11-5-3-1-2-4-6-11/h7-9,11H,1-6H2,(H,17,20). The van der Waals surface area contributed by atoms with E-state index < -0.39 is 0 Å². The van der Waals surface area contributed by atoms with E-state index in [1.54, 1.807) is 23.0 Å². The Balaban J connectivity index is 1.74. The van der Waals surface area contributed by atoms with Crippen LogP contribution < -0.4 is 5.32 Å².